The van der Waals surface area contributed by atoms with E-state index in [-0.39, 0.29) is 30.8 Å². The number of rotatable bonds is 7. The lowest BCUT2D eigenvalue weighted by molar-refractivity contribution is -0.143. The number of ether oxygens (including phenoxy) is 1. The molecule has 0 atom stereocenters. The van der Waals surface area contributed by atoms with Crippen LogP contribution in [-0.4, -0.2) is 50.2 Å². The van der Waals surface area contributed by atoms with Gasteiger partial charge >= 0.3 is 5.97 Å². The standard InChI is InChI=1S/C17H26N2O2.2ClH/c1-2-21-17(20)8-7-15-3-5-16(6-4-15)9-12-19-13-10-18-11-14-19;;/h3-6,18H,2,7-14H2,1H3;2*1H. The van der Waals surface area contributed by atoms with E-state index in [2.05, 4.69) is 34.5 Å². The Morgan fingerprint density at radius 1 is 1.09 bits per heavy atom. The molecule has 0 spiro atoms. The Kier molecular flexibility index (Phi) is 12.1. The summed E-state index contributed by atoms with van der Waals surface area (Å²) in [5.41, 5.74) is 2.57. The van der Waals surface area contributed by atoms with Crippen molar-refractivity contribution in [2.75, 3.05) is 39.3 Å². The average Bonchev–Trinajstić information content (AvgIpc) is 2.53. The van der Waals surface area contributed by atoms with Crippen LogP contribution in [0, 0.1) is 0 Å². The van der Waals surface area contributed by atoms with E-state index in [1.807, 2.05) is 6.92 Å². The lowest BCUT2D eigenvalue weighted by atomic mass is 10.1. The first kappa shape index (κ1) is 22.2. The molecule has 0 aromatic heterocycles. The zero-order valence-corrected chi connectivity index (χ0v) is 15.4. The minimum atomic E-state index is -0.111. The van der Waals surface area contributed by atoms with Crippen LogP contribution >= 0.6 is 24.8 Å². The third kappa shape index (κ3) is 8.56. The first-order valence-corrected chi connectivity index (χ1v) is 7.94. The van der Waals surface area contributed by atoms with Crippen LogP contribution in [0.5, 0.6) is 0 Å². The Morgan fingerprint density at radius 2 is 1.65 bits per heavy atom. The number of nitrogens with one attached hydrogen (secondary N) is 1. The minimum Gasteiger partial charge on any atom is -0.466 e. The fourth-order valence-electron chi connectivity index (χ4n) is 2.57. The van der Waals surface area contributed by atoms with Crippen LogP contribution in [0.2, 0.25) is 0 Å². The second-order valence-corrected chi connectivity index (χ2v) is 5.46. The molecule has 0 aliphatic carbocycles. The van der Waals surface area contributed by atoms with E-state index in [0.717, 1.165) is 45.6 Å². The van der Waals surface area contributed by atoms with Crippen molar-refractivity contribution in [3.05, 3.63) is 35.4 Å². The number of benzene rings is 1. The van der Waals surface area contributed by atoms with Gasteiger partial charge in [0, 0.05) is 39.1 Å². The van der Waals surface area contributed by atoms with Crippen LogP contribution in [0.15, 0.2) is 24.3 Å². The summed E-state index contributed by atoms with van der Waals surface area (Å²) in [4.78, 5) is 13.8. The number of halogens is 2. The topological polar surface area (TPSA) is 41.6 Å². The molecule has 0 unspecified atom stereocenters. The Hall–Kier alpha value is -0.810. The van der Waals surface area contributed by atoms with Gasteiger partial charge in [0.05, 0.1) is 6.61 Å². The highest BCUT2D eigenvalue weighted by Gasteiger charge is 2.09. The summed E-state index contributed by atoms with van der Waals surface area (Å²) in [5.74, 6) is -0.111. The van der Waals surface area contributed by atoms with Crippen LogP contribution in [0.1, 0.15) is 24.5 Å². The molecule has 4 nitrogen and oxygen atoms in total. The predicted octanol–water partition coefficient (Wildman–Crippen LogP) is 2.47. The van der Waals surface area contributed by atoms with Crippen LogP contribution < -0.4 is 5.32 Å². The predicted molar refractivity (Wildman–Crippen MR) is 98.9 cm³/mol. The molecular weight excluding hydrogens is 335 g/mol. The number of hydrogen-bond acceptors (Lipinski definition) is 4. The molecule has 1 aromatic rings. The summed E-state index contributed by atoms with van der Waals surface area (Å²) < 4.78 is 4.94. The zero-order valence-electron chi connectivity index (χ0n) is 13.8. The van der Waals surface area contributed by atoms with Gasteiger partial charge in [0.2, 0.25) is 0 Å². The highest BCUT2D eigenvalue weighted by Crippen LogP contribution is 2.09. The van der Waals surface area contributed by atoms with Gasteiger partial charge in [0.25, 0.3) is 0 Å². The van der Waals surface area contributed by atoms with E-state index in [9.17, 15) is 4.79 Å². The lowest BCUT2D eigenvalue weighted by Gasteiger charge is -2.27. The fourth-order valence-corrected chi connectivity index (χ4v) is 2.57. The van der Waals surface area contributed by atoms with Gasteiger partial charge in [-0.15, -0.1) is 24.8 Å². The molecular formula is C17H28Cl2N2O2. The molecule has 23 heavy (non-hydrogen) atoms. The summed E-state index contributed by atoms with van der Waals surface area (Å²) in [5, 5.41) is 3.37. The quantitative estimate of drug-likeness (QED) is 0.756. The second-order valence-electron chi connectivity index (χ2n) is 5.46. The van der Waals surface area contributed by atoms with Gasteiger partial charge in [-0.25, -0.2) is 0 Å². The third-order valence-electron chi connectivity index (χ3n) is 3.87. The van der Waals surface area contributed by atoms with E-state index < -0.39 is 0 Å². The van der Waals surface area contributed by atoms with E-state index in [0.29, 0.717) is 13.0 Å². The summed E-state index contributed by atoms with van der Waals surface area (Å²) in [6, 6.07) is 8.63. The van der Waals surface area contributed by atoms with Gasteiger partial charge in [0.15, 0.2) is 0 Å². The van der Waals surface area contributed by atoms with Gasteiger partial charge in [0.1, 0.15) is 0 Å². The molecule has 1 aliphatic heterocycles. The smallest absolute Gasteiger partial charge is 0.306 e. The second kappa shape index (κ2) is 12.6. The fraction of sp³-hybridized carbons (Fsp3) is 0.588. The van der Waals surface area contributed by atoms with Crippen molar-refractivity contribution in [2.45, 2.75) is 26.2 Å². The maximum Gasteiger partial charge on any atom is 0.306 e. The number of aryl methyl sites for hydroxylation is 1. The van der Waals surface area contributed by atoms with Crippen LogP contribution in [-0.2, 0) is 22.4 Å². The molecule has 0 radical (unpaired) electrons. The Bertz CT molecular complexity index is 435. The highest BCUT2D eigenvalue weighted by atomic mass is 35.5. The van der Waals surface area contributed by atoms with E-state index >= 15 is 0 Å². The molecule has 1 saturated heterocycles. The van der Waals surface area contributed by atoms with Crippen molar-refractivity contribution in [3.63, 3.8) is 0 Å². The Labute approximate surface area is 151 Å². The average molecular weight is 363 g/mol. The molecule has 0 amide bonds. The van der Waals surface area contributed by atoms with Crippen molar-refractivity contribution >= 4 is 30.8 Å². The SMILES string of the molecule is CCOC(=O)CCc1ccc(CCN2CCNCC2)cc1.Cl.Cl. The normalized spacial score (nSPS) is 14.5. The Balaban J connectivity index is 0.00000242. The first-order valence-electron chi connectivity index (χ1n) is 7.94. The summed E-state index contributed by atoms with van der Waals surface area (Å²) in [6.45, 7) is 7.94. The number of carbonyl (C=O) groups is 1. The van der Waals surface area contributed by atoms with Crippen LogP contribution in [0.25, 0.3) is 0 Å². The third-order valence-corrected chi connectivity index (χ3v) is 3.87. The number of hydrogen-bond donors (Lipinski definition) is 1. The molecule has 2 rings (SSSR count). The molecule has 1 heterocycles. The molecule has 1 fully saturated rings. The zero-order chi connectivity index (χ0) is 14.9. The number of esters is 1. The van der Waals surface area contributed by atoms with Crippen molar-refractivity contribution in [2.24, 2.45) is 0 Å². The summed E-state index contributed by atoms with van der Waals surface area (Å²) >= 11 is 0. The van der Waals surface area contributed by atoms with Crippen LogP contribution in [0.3, 0.4) is 0 Å². The summed E-state index contributed by atoms with van der Waals surface area (Å²) in [7, 11) is 0. The van der Waals surface area contributed by atoms with Crippen molar-refractivity contribution in [3.8, 4) is 0 Å². The molecule has 6 heteroatoms. The molecule has 0 bridgehead atoms. The Morgan fingerprint density at radius 3 is 2.22 bits per heavy atom. The van der Waals surface area contributed by atoms with Crippen molar-refractivity contribution in [1.82, 2.24) is 10.2 Å². The number of nitrogens with zero attached hydrogens (tertiary/aromatic N) is 1. The number of piperazine rings is 1. The van der Waals surface area contributed by atoms with Gasteiger partial charge < -0.3 is 15.0 Å². The van der Waals surface area contributed by atoms with Gasteiger partial charge in [-0.1, -0.05) is 24.3 Å². The number of carbonyl (C=O) groups excluding carboxylic acids is 1. The van der Waals surface area contributed by atoms with Crippen LogP contribution in [0.4, 0.5) is 0 Å². The highest BCUT2D eigenvalue weighted by molar-refractivity contribution is 5.85. The monoisotopic (exact) mass is 362 g/mol. The maximum absolute atomic E-state index is 11.3. The molecule has 0 saturated carbocycles. The van der Waals surface area contributed by atoms with E-state index in [1.54, 1.807) is 0 Å². The molecule has 1 aromatic carbocycles. The van der Waals surface area contributed by atoms with Gasteiger partial charge in [-0.3, -0.25) is 4.79 Å². The summed E-state index contributed by atoms with van der Waals surface area (Å²) in [6.07, 6.45) is 2.32. The van der Waals surface area contributed by atoms with Crippen molar-refractivity contribution in [1.29, 1.82) is 0 Å². The maximum atomic E-state index is 11.3. The molecule has 132 valence electrons. The largest absolute Gasteiger partial charge is 0.466 e. The first-order chi connectivity index (χ1) is 10.3. The van der Waals surface area contributed by atoms with E-state index in [1.165, 1.54) is 11.1 Å². The molecule has 1 N–H and O–H groups in total. The van der Waals surface area contributed by atoms with Gasteiger partial charge in [-0.05, 0) is 30.9 Å². The van der Waals surface area contributed by atoms with Gasteiger partial charge in [-0.2, -0.15) is 0 Å². The minimum absolute atomic E-state index is 0. The molecule has 1 aliphatic rings. The van der Waals surface area contributed by atoms with Crippen molar-refractivity contribution < 1.29 is 9.53 Å². The lowest BCUT2D eigenvalue weighted by Crippen LogP contribution is -2.44. The van der Waals surface area contributed by atoms with E-state index in [4.69, 9.17) is 4.74 Å².